The Labute approximate surface area is 98.8 Å². The van der Waals surface area contributed by atoms with E-state index in [0.29, 0.717) is 0 Å². The summed E-state index contributed by atoms with van der Waals surface area (Å²) >= 11 is 0. The van der Waals surface area contributed by atoms with Gasteiger partial charge in [0.1, 0.15) is 0 Å². The molecule has 3 nitrogen and oxygen atoms in total. The number of anilines is 3. The van der Waals surface area contributed by atoms with Gasteiger partial charge in [0.05, 0.1) is 0 Å². The average Bonchev–Trinajstić information content (AvgIpc) is 2.30. The van der Waals surface area contributed by atoms with Crippen LogP contribution in [0.2, 0.25) is 0 Å². The van der Waals surface area contributed by atoms with Crippen LogP contribution in [0.4, 0.5) is 17.1 Å². The van der Waals surface area contributed by atoms with Crippen LogP contribution in [0.1, 0.15) is 0 Å². The van der Waals surface area contributed by atoms with Gasteiger partial charge in [0.25, 0.3) is 0 Å². The molecule has 0 fully saturated rings. The maximum atomic E-state index is 6.18. The van der Waals surface area contributed by atoms with Gasteiger partial charge in [0.15, 0.2) is 0 Å². The van der Waals surface area contributed by atoms with Gasteiger partial charge in [-0.2, -0.15) is 0 Å². The molecule has 84 valence electrons. The minimum Gasteiger partial charge on any atom is -0.399 e. The maximum absolute atomic E-state index is 6.18. The Hall–Kier alpha value is -2.42. The largest absolute Gasteiger partial charge is 0.399 e. The van der Waals surface area contributed by atoms with Crippen LogP contribution in [-0.4, -0.2) is 0 Å². The lowest BCUT2D eigenvalue weighted by Crippen LogP contribution is -1.92. The van der Waals surface area contributed by atoms with Crippen molar-refractivity contribution < 1.29 is 0 Å². The highest BCUT2D eigenvalue weighted by Crippen LogP contribution is 2.32. The molecule has 0 amide bonds. The van der Waals surface area contributed by atoms with E-state index in [4.69, 9.17) is 17.2 Å². The average molecular weight is 223 g/mol. The summed E-state index contributed by atoms with van der Waals surface area (Å²) in [6, 6.07) is 13.6. The van der Waals surface area contributed by atoms with Crippen molar-refractivity contribution in [3.63, 3.8) is 0 Å². The predicted octanol–water partition coefficient (Wildman–Crippen LogP) is 2.74. The van der Waals surface area contributed by atoms with Crippen molar-refractivity contribution in [3.05, 3.63) is 42.5 Å². The van der Waals surface area contributed by atoms with Gasteiger partial charge in [-0.1, -0.05) is 12.1 Å². The van der Waals surface area contributed by atoms with Crippen LogP contribution in [0.3, 0.4) is 0 Å². The van der Waals surface area contributed by atoms with Gasteiger partial charge >= 0.3 is 0 Å². The number of hydrogen-bond acceptors (Lipinski definition) is 3. The van der Waals surface area contributed by atoms with Gasteiger partial charge < -0.3 is 17.2 Å². The van der Waals surface area contributed by atoms with E-state index in [9.17, 15) is 0 Å². The summed E-state index contributed by atoms with van der Waals surface area (Å²) in [7, 11) is 0. The molecule has 0 atom stereocenters. The highest BCUT2D eigenvalue weighted by atomic mass is 14.6. The first-order chi connectivity index (χ1) is 8.15. The monoisotopic (exact) mass is 223 g/mol. The summed E-state index contributed by atoms with van der Waals surface area (Å²) in [5.74, 6) is 0. The van der Waals surface area contributed by atoms with Crippen molar-refractivity contribution >= 4 is 38.6 Å². The van der Waals surface area contributed by atoms with Crippen LogP contribution in [0.15, 0.2) is 42.5 Å². The number of nitrogens with two attached hydrogens (primary N) is 3. The van der Waals surface area contributed by atoms with Crippen molar-refractivity contribution in [1.29, 1.82) is 0 Å². The smallest absolute Gasteiger partial charge is 0.0474 e. The van der Waals surface area contributed by atoms with Gasteiger partial charge in [-0.15, -0.1) is 0 Å². The van der Waals surface area contributed by atoms with Gasteiger partial charge in [0, 0.05) is 27.8 Å². The lowest BCUT2D eigenvalue weighted by Gasteiger charge is -2.08. The fourth-order valence-electron chi connectivity index (χ4n) is 2.19. The minimum atomic E-state index is 0.721. The molecule has 0 radical (unpaired) electrons. The van der Waals surface area contributed by atoms with Crippen molar-refractivity contribution in [2.45, 2.75) is 0 Å². The molecule has 3 aromatic carbocycles. The van der Waals surface area contributed by atoms with Crippen LogP contribution in [-0.2, 0) is 0 Å². The van der Waals surface area contributed by atoms with Gasteiger partial charge in [0.2, 0.25) is 0 Å². The standard InChI is InChI=1S/C14H13N3/c15-10-3-4-12-9(6-10)5-8-1-2-11(16)7-13(8)14(12)17/h1-7H,15-17H2. The molecular weight excluding hydrogens is 210 g/mol. The van der Waals surface area contributed by atoms with Crippen LogP contribution < -0.4 is 17.2 Å². The zero-order chi connectivity index (χ0) is 12.0. The number of nitrogen functional groups attached to an aromatic ring is 3. The van der Waals surface area contributed by atoms with Gasteiger partial charge in [-0.25, -0.2) is 0 Å². The Kier molecular flexibility index (Phi) is 1.89. The lowest BCUT2D eigenvalue weighted by molar-refractivity contribution is 1.72. The van der Waals surface area contributed by atoms with Crippen LogP contribution >= 0.6 is 0 Å². The number of rotatable bonds is 0. The predicted molar refractivity (Wildman–Crippen MR) is 74.7 cm³/mol. The van der Waals surface area contributed by atoms with E-state index in [-0.39, 0.29) is 0 Å². The minimum absolute atomic E-state index is 0.721. The summed E-state index contributed by atoms with van der Waals surface area (Å²) in [5.41, 5.74) is 20.0. The topological polar surface area (TPSA) is 78.1 Å². The van der Waals surface area contributed by atoms with E-state index in [1.807, 2.05) is 36.4 Å². The molecule has 0 heterocycles. The van der Waals surface area contributed by atoms with Gasteiger partial charge in [-0.05, 0) is 41.1 Å². The first kappa shape index (κ1) is 9.78. The van der Waals surface area contributed by atoms with Crippen molar-refractivity contribution in [2.75, 3.05) is 17.2 Å². The molecular formula is C14H13N3. The Morgan fingerprint density at radius 2 is 1.29 bits per heavy atom. The Balaban J connectivity index is 2.52. The second-order valence-corrected chi connectivity index (χ2v) is 4.25. The third kappa shape index (κ3) is 1.44. The molecule has 3 aromatic rings. The maximum Gasteiger partial charge on any atom is 0.0474 e. The SMILES string of the molecule is Nc1ccc2c(N)c3cc(N)ccc3cc2c1. The molecule has 0 saturated carbocycles. The zero-order valence-corrected chi connectivity index (χ0v) is 9.27. The molecule has 0 bridgehead atoms. The zero-order valence-electron chi connectivity index (χ0n) is 9.27. The quantitative estimate of drug-likeness (QED) is 0.405. The number of hydrogen-bond donors (Lipinski definition) is 3. The summed E-state index contributed by atoms with van der Waals surface area (Å²) in [5, 5.41) is 4.13. The third-order valence-corrected chi connectivity index (χ3v) is 3.04. The highest BCUT2D eigenvalue weighted by Gasteiger charge is 2.05. The molecule has 0 aliphatic carbocycles. The summed E-state index contributed by atoms with van der Waals surface area (Å²) in [4.78, 5) is 0. The van der Waals surface area contributed by atoms with Crippen molar-refractivity contribution in [3.8, 4) is 0 Å². The summed E-state index contributed by atoms with van der Waals surface area (Å²) < 4.78 is 0. The van der Waals surface area contributed by atoms with Gasteiger partial charge in [-0.3, -0.25) is 0 Å². The molecule has 0 saturated heterocycles. The summed E-state index contributed by atoms with van der Waals surface area (Å²) in [6.07, 6.45) is 0. The normalized spacial score (nSPS) is 11.1. The van der Waals surface area contributed by atoms with E-state index >= 15 is 0 Å². The van der Waals surface area contributed by atoms with E-state index in [1.54, 1.807) is 0 Å². The Bertz CT molecular complexity index is 732. The summed E-state index contributed by atoms with van der Waals surface area (Å²) in [6.45, 7) is 0. The number of benzene rings is 3. The Morgan fingerprint density at radius 1 is 0.588 bits per heavy atom. The first-order valence-corrected chi connectivity index (χ1v) is 5.42. The third-order valence-electron chi connectivity index (χ3n) is 3.04. The number of fused-ring (bicyclic) bond motifs is 2. The van der Waals surface area contributed by atoms with Crippen LogP contribution in [0.25, 0.3) is 21.5 Å². The van der Waals surface area contributed by atoms with Crippen molar-refractivity contribution in [2.24, 2.45) is 0 Å². The molecule has 0 unspecified atom stereocenters. The Morgan fingerprint density at radius 3 is 2.12 bits per heavy atom. The molecule has 3 rings (SSSR count). The molecule has 0 aliphatic rings. The lowest BCUT2D eigenvalue weighted by atomic mass is 10.0. The van der Waals surface area contributed by atoms with E-state index < -0.39 is 0 Å². The fraction of sp³-hybridized carbons (Fsp3) is 0. The van der Waals surface area contributed by atoms with Crippen LogP contribution in [0, 0.1) is 0 Å². The van der Waals surface area contributed by atoms with E-state index in [1.165, 1.54) is 0 Å². The molecule has 17 heavy (non-hydrogen) atoms. The highest BCUT2D eigenvalue weighted by molar-refractivity contribution is 6.11. The first-order valence-electron chi connectivity index (χ1n) is 5.42. The van der Waals surface area contributed by atoms with E-state index in [2.05, 4.69) is 6.07 Å². The fourth-order valence-corrected chi connectivity index (χ4v) is 2.19. The molecule has 6 N–H and O–H groups in total. The molecule has 0 spiro atoms. The second-order valence-electron chi connectivity index (χ2n) is 4.25. The molecule has 0 aromatic heterocycles. The van der Waals surface area contributed by atoms with Crippen LogP contribution in [0.5, 0.6) is 0 Å². The molecule has 3 heteroatoms. The van der Waals surface area contributed by atoms with E-state index in [0.717, 1.165) is 38.6 Å². The molecule has 0 aliphatic heterocycles. The second kappa shape index (κ2) is 3.28. The van der Waals surface area contributed by atoms with Crippen molar-refractivity contribution in [1.82, 2.24) is 0 Å².